The number of nitrogens with zero attached hydrogens (tertiary/aromatic N) is 1. The zero-order valence-corrected chi connectivity index (χ0v) is 21.7. The molecule has 2 aliphatic heterocycles. The molecule has 1 N–H and O–H groups in total. The predicted octanol–water partition coefficient (Wildman–Crippen LogP) is 3.75. The minimum Gasteiger partial charge on any atom is -0.492 e. The van der Waals surface area contributed by atoms with Crippen LogP contribution in [-0.2, 0) is 26.2 Å². The molecule has 196 valence electrons. The Bertz CT molecular complexity index is 1260. The van der Waals surface area contributed by atoms with Crippen molar-refractivity contribution in [2.75, 3.05) is 13.2 Å². The molecule has 37 heavy (non-hydrogen) atoms. The number of hydrogen-bond donors (Lipinski definition) is 1. The van der Waals surface area contributed by atoms with E-state index in [-0.39, 0.29) is 19.8 Å². The molecular formula is C28H32N2O6S. The van der Waals surface area contributed by atoms with E-state index in [1.165, 1.54) is 4.31 Å². The number of para-hydroxylation sites is 2. The molecule has 0 spiro atoms. The van der Waals surface area contributed by atoms with E-state index >= 15 is 0 Å². The van der Waals surface area contributed by atoms with Crippen molar-refractivity contribution in [3.8, 4) is 11.5 Å². The van der Waals surface area contributed by atoms with Gasteiger partial charge in [0.25, 0.3) is 10.2 Å². The van der Waals surface area contributed by atoms with Gasteiger partial charge in [-0.2, -0.15) is 17.4 Å². The summed E-state index contributed by atoms with van der Waals surface area (Å²) in [5, 5.41) is 0. The van der Waals surface area contributed by atoms with Crippen LogP contribution in [0, 0.1) is 0 Å². The van der Waals surface area contributed by atoms with Crippen LogP contribution >= 0.6 is 0 Å². The van der Waals surface area contributed by atoms with Gasteiger partial charge in [0.1, 0.15) is 36.9 Å². The molecule has 0 amide bonds. The van der Waals surface area contributed by atoms with Crippen molar-refractivity contribution in [3.63, 3.8) is 0 Å². The third kappa shape index (κ3) is 6.14. The minimum absolute atomic E-state index is 0.0787. The van der Waals surface area contributed by atoms with Crippen molar-refractivity contribution in [1.29, 1.82) is 0 Å². The Morgan fingerprint density at radius 3 is 1.89 bits per heavy atom. The fourth-order valence-corrected chi connectivity index (χ4v) is 6.34. The molecule has 4 atom stereocenters. The first-order valence-corrected chi connectivity index (χ1v) is 13.8. The normalized spacial score (nSPS) is 26.6. The quantitative estimate of drug-likeness (QED) is 0.483. The number of benzene rings is 3. The summed E-state index contributed by atoms with van der Waals surface area (Å²) < 4.78 is 56.7. The van der Waals surface area contributed by atoms with E-state index in [0.717, 1.165) is 5.56 Å². The monoisotopic (exact) mass is 524 g/mol. The van der Waals surface area contributed by atoms with Gasteiger partial charge in [-0.1, -0.05) is 66.7 Å². The van der Waals surface area contributed by atoms with Gasteiger partial charge < -0.3 is 18.9 Å². The van der Waals surface area contributed by atoms with Gasteiger partial charge in [-0.25, -0.2) is 0 Å². The maximum Gasteiger partial charge on any atom is 0.280 e. The zero-order valence-electron chi connectivity index (χ0n) is 20.9. The van der Waals surface area contributed by atoms with E-state index in [4.69, 9.17) is 18.9 Å². The summed E-state index contributed by atoms with van der Waals surface area (Å²) in [6.45, 7) is 3.99. The Morgan fingerprint density at radius 1 is 0.784 bits per heavy atom. The van der Waals surface area contributed by atoms with Crippen molar-refractivity contribution in [3.05, 3.63) is 96.6 Å². The maximum atomic E-state index is 13.8. The Labute approximate surface area is 218 Å². The van der Waals surface area contributed by atoms with E-state index in [1.54, 1.807) is 0 Å². The first kappa shape index (κ1) is 25.7. The van der Waals surface area contributed by atoms with E-state index in [2.05, 4.69) is 4.72 Å². The third-order valence-electron chi connectivity index (χ3n) is 6.44. The lowest BCUT2D eigenvalue weighted by molar-refractivity contribution is -0.154. The average Bonchev–Trinajstić information content (AvgIpc) is 3.19. The van der Waals surface area contributed by atoms with Crippen LogP contribution in [0.25, 0.3) is 0 Å². The van der Waals surface area contributed by atoms with Gasteiger partial charge in [-0.3, -0.25) is 0 Å². The standard InChI is InChI=1S/C28H32N2O6S/c1-28(2)35-26-24(19-33-22-14-8-4-9-15-22)29-37(31,32)30(18-21-12-6-3-7-13-21)25(27(26)36-28)20-34-23-16-10-5-11-17-23/h3-17,24-27,29H,18-20H2,1-2H3/t24-,25-,26+,27+/m1/s1. The molecule has 2 fully saturated rings. The molecule has 2 saturated heterocycles. The lowest BCUT2D eigenvalue weighted by Gasteiger charge is -2.32. The first-order valence-electron chi connectivity index (χ1n) is 12.4. The fraction of sp³-hybridized carbons (Fsp3) is 0.357. The van der Waals surface area contributed by atoms with E-state index in [0.29, 0.717) is 11.5 Å². The largest absolute Gasteiger partial charge is 0.492 e. The zero-order chi connectivity index (χ0) is 25.9. The first-order chi connectivity index (χ1) is 17.8. The molecule has 2 heterocycles. The van der Waals surface area contributed by atoms with Gasteiger partial charge in [0.05, 0.1) is 12.1 Å². The fourth-order valence-electron chi connectivity index (χ4n) is 4.77. The van der Waals surface area contributed by atoms with Crippen LogP contribution in [-0.4, -0.2) is 56.0 Å². The van der Waals surface area contributed by atoms with Crippen LogP contribution in [0.1, 0.15) is 19.4 Å². The van der Waals surface area contributed by atoms with Crippen molar-refractivity contribution in [1.82, 2.24) is 9.03 Å². The van der Waals surface area contributed by atoms with Gasteiger partial charge in [0.2, 0.25) is 0 Å². The molecule has 0 unspecified atom stereocenters. The number of nitrogens with one attached hydrogen (secondary N) is 1. The molecule has 3 aromatic rings. The highest BCUT2D eigenvalue weighted by Crippen LogP contribution is 2.37. The predicted molar refractivity (Wildman–Crippen MR) is 139 cm³/mol. The Morgan fingerprint density at radius 2 is 1.30 bits per heavy atom. The molecule has 0 aliphatic carbocycles. The van der Waals surface area contributed by atoms with Gasteiger partial charge in [-0.05, 0) is 43.7 Å². The molecule has 8 nitrogen and oxygen atoms in total. The van der Waals surface area contributed by atoms with Gasteiger partial charge in [0, 0.05) is 6.54 Å². The van der Waals surface area contributed by atoms with Crippen molar-refractivity contribution < 1.29 is 27.4 Å². The topological polar surface area (TPSA) is 86.3 Å². The van der Waals surface area contributed by atoms with Crippen molar-refractivity contribution in [2.45, 2.75) is 50.5 Å². The summed E-state index contributed by atoms with van der Waals surface area (Å²) in [6.07, 6.45) is -1.20. The molecular weight excluding hydrogens is 492 g/mol. The highest BCUT2D eigenvalue weighted by atomic mass is 32.2. The van der Waals surface area contributed by atoms with Gasteiger partial charge in [-0.15, -0.1) is 0 Å². The lowest BCUT2D eigenvalue weighted by atomic mass is 10.00. The molecule has 2 aliphatic rings. The average molecular weight is 525 g/mol. The maximum absolute atomic E-state index is 13.8. The summed E-state index contributed by atoms with van der Waals surface area (Å²) in [5.41, 5.74) is 0.853. The van der Waals surface area contributed by atoms with Crippen molar-refractivity contribution in [2.24, 2.45) is 0 Å². The van der Waals surface area contributed by atoms with E-state index < -0.39 is 40.3 Å². The van der Waals surface area contributed by atoms with Crippen LogP contribution in [0.4, 0.5) is 0 Å². The number of fused-ring (bicyclic) bond motifs is 1. The summed E-state index contributed by atoms with van der Waals surface area (Å²) >= 11 is 0. The molecule has 0 saturated carbocycles. The molecule has 5 rings (SSSR count). The highest BCUT2D eigenvalue weighted by Gasteiger charge is 2.55. The summed E-state index contributed by atoms with van der Waals surface area (Å²) in [6, 6.07) is 26.8. The lowest BCUT2D eigenvalue weighted by Crippen LogP contribution is -2.51. The number of rotatable bonds is 8. The van der Waals surface area contributed by atoms with Crippen LogP contribution in [0.15, 0.2) is 91.0 Å². The summed E-state index contributed by atoms with van der Waals surface area (Å²) in [7, 11) is -3.98. The molecule has 3 aromatic carbocycles. The second-order valence-corrected chi connectivity index (χ2v) is 11.3. The van der Waals surface area contributed by atoms with Crippen LogP contribution in [0.5, 0.6) is 11.5 Å². The third-order valence-corrected chi connectivity index (χ3v) is 8.05. The second-order valence-electron chi connectivity index (χ2n) is 9.64. The number of hydrogen-bond acceptors (Lipinski definition) is 6. The minimum atomic E-state index is -3.98. The van der Waals surface area contributed by atoms with Crippen LogP contribution in [0.3, 0.4) is 0 Å². The van der Waals surface area contributed by atoms with Crippen LogP contribution in [0.2, 0.25) is 0 Å². The smallest absolute Gasteiger partial charge is 0.280 e. The molecule has 9 heteroatoms. The van der Waals surface area contributed by atoms with E-state index in [1.807, 2.05) is 105 Å². The van der Waals surface area contributed by atoms with E-state index in [9.17, 15) is 8.42 Å². The highest BCUT2D eigenvalue weighted by molar-refractivity contribution is 7.87. The summed E-state index contributed by atoms with van der Waals surface area (Å²) in [4.78, 5) is 0. The van der Waals surface area contributed by atoms with Gasteiger partial charge in [0.15, 0.2) is 5.79 Å². The molecule has 0 bridgehead atoms. The SMILES string of the molecule is CC1(C)O[C@@H]2[C@@H](O1)[C@@H](COc1ccccc1)NS(=O)(=O)N(Cc1ccccc1)[C@@H]2COc1ccccc1. The number of ether oxygens (including phenoxy) is 4. The Kier molecular flexibility index (Phi) is 7.50. The van der Waals surface area contributed by atoms with Crippen molar-refractivity contribution >= 4 is 10.2 Å². The summed E-state index contributed by atoms with van der Waals surface area (Å²) in [5.74, 6) is 0.383. The van der Waals surface area contributed by atoms with Crippen LogP contribution < -0.4 is 14.2 Å². The Hall–Kier alpha value is -2.95. The second kappa shape index (κ2) is 10.8. The van der Waals surface area contributed by atoms with Gasteiger partial charge >= 0.3 is 0 Å². The molecule has 0 radical (unpaired) electrons. The molecule has 0 aromatic heterocycles. The Balaban J connectivity index is 1.49.